The van der Waals surface area contributed by atoms with Gasteiger partial charge in [0, 0.05) is 38.8 Å². The van der Waals surface area contributed by atoms with Crippen molar-refractivity contribution in [3.63, 3.8) is 0 Å². The molecule has 2 fully saturated rings. The van der Waals surface area contributed by atoms with Crippen LogP contribution in [0.1, 0.15) is 59.4 Å². The minimum Gasteiger partial charge on any atom is -0.366 e. The second-order valence-electron chi connectivity index (χ2n) is 7.18. The van der Waals surface area contributed by atoms with Gasteiger partial charge in [0.25, 0.3) is 5.91 Å². The highest BCUT2D eigenvalue weighted by atomic mass is 16.2. The van der Waals surface area contributed by atoms with Crippen molar-refractivity contribution in [1.29, 1.82) is 0 Å². The first kappa shape index (κ1) is 18.4. The lowest BCUT2D eigenvalue weighted by atomic mass is 10.0. The first-order valence-electron chi connectivity index (χ1n) is 9.37. The van der Waals surface area contributed by atoms with Crippen molar-refractivity contribution >= 4 is 17.7 Å². The van der Waals surface area contributed by atoms with E-state index in [9.17, 15) is 14.4 Å². The maximum absolute atomic E-state index is 12.6. The van der Waals surface area contributed by atoms with E-state index < -0.39 is 5.91 Å². The van der Waals surface area contributed by atoms with E-state index in [1.54, 1.807) is 4.90 Å². The van der Waals surface area contributed by atoms with Crippen molar-refractivity contribution in [1.82, 2.24) is 14.8 Å². The molecular formula is C19H26N4O3. The zero-order valence-corrected chi connectivity index (χ0v) is 15.0. The quantitative estimate of drug-likeness (QED) is 0.881. The zero-order chi connectivity index (χ0) is 18.5. The maximum Gasteiger partial charge on any atom is 0.272 e. The van der Waals surface area contributed by atoms with Gasteiger partial charge in [-0.3, -0.25) is 19.4 Å². The summed E-state index contributed by atoms with van der Waals surface area (Å²) in [6.07, 6.45) is 7.54. The van der Waals surface area contributed by atoms with Crippen LogP contribution in [0, 0.1) is 5.92 Å². The van der Waals surface area contributed by atoms with Crippen LogP contribution in [-0.2, 0) is 4.79 Å². The molecule has 7 heteroatoms. The molecule has 140 valence electrons. The molecule has 3 rings (SSSR count). The van der Waals surface area contributed by atoms with Gasteiger partial charge in [-0.2, -0.15) is 0 Å². The fourth-order valence-corrected chi connectivity index (χ4v) is 3.79. The van der Waals surface area contributed by atoms with Gasteiger partial charge in [0.15, 0.2) is 0 Å². The number of nitrogens with zero attached hydrogens (tertiary/aromatic N) is 3. The monoisotopic (exact) mass is 358 g/mol. The summed E-state index contributed by atoms with van der Waals surface area (Å²) in [6, 6.07) is 3.04. The van der Waals surface area contributed by atoms with E-state index in [0.717, 1.165) is 19.3 Å². The molecular weight excluding hydrogens is 332 g/mol. The summed E-state index contributed by atoms with van der Waals surface area (Å²) in [5.74, 6) is 0.0143. The normalized spacial score (nSPS) is 18.6. The Bertz CT molecular complexity index is 668. The van der Waals surface area contributed by atoms with E-state index >= 15 is 0 Å². The number of pyridine rings is 1. The van der Waals surface area contributed by atoms with Crippen LogP contribution in [0.2, 0.25) is 0 Å². The van der Waals surface area contributed by atoms with Crippen molar-refractivity contribution < 1.29 is 14.4 Å². The molecule has 1 aliphatic heterocycles. The highest BCUT2D eigenvalue weighted by Gasteiger charge is 2.26. The zero-order valence-electron chi connectivity index (χ0n) is 15.0. The summed E-state index contributed by atoms with van der Waals surface area (Å²) in [5.41, 5.74) is 5.76. The number of primary amides is 1. The molecule has 0 spiro atoms. The second kappa shape index (κ2) is 8.29. The van der Waals surface area contributed by atoms with Crippen LogP contribution < -0.4 is 5.73 Å². The third-order valence-electron chi connectivity index (χ3n) is 5.34. The molecule has 1 saturated heterocycles. The first-order valence-corrected chi connectivity index (χ1v) is 9.37. The van der Waals surface area contributed by atoms with Crippen molar-refractivity contribution in [3.8, 4) is 0 Å². The largest absolute Gasteiger partial charge is 0.366 e. The lowest BCUT2D eigenvalue weighted by Gasteiger charge is -2.23. The number of nitrogens with two attached hydrogens (primary N) is 1. The lowest BCUT2D eigenvalue weighted by molar-refractivity contribution is -0.132. The van der Waals surface area contributed by atoms with Crippen LogP contribution in [0.15, 0.2) is 18.3 Å². The Labute approximate surface area is 153 Å². The van der Waals surface area contributed by atoms with E-state index in [1.165, 1.54) is 31.2 Å². The van der Waals surface area contributed by atoms with E-state index in [4.69, 9.17) is 5.73 Å². The van der Waals surface area contributed by atoms with Crippen molar-refractivity contribution in [2.45, 2.75) is 38.5 Å². The van der Waals surface area contributed by atoms with Crippen molar-refractivity contribution in [2.24, 2.45) is 11.7 Å². The van der Waals surface area contributed by atoms with Gasteiger partial charge in [0.05, 0.1) is 5.56 Å². The van der Waals surface area contributed by atoms with Crippen molar-refractivity contribution in [2.75, 3.05) is 26.2 Å². The minimum absolute atomic E-state index is 0.175. The molecule has 1 aromatic rings. The van der Waals surface area contributed by atoms with Gasteiger partial charge in [0.2, 0.25) is 11.8 Å². The SMILES string of the molecule is NC(=O)c1ccc(C(=O)N2CCCN(C(=O)CC3CCCC3)CC2)nc1. The number of hydrogen-bond donors (Lipinski definition) is 1. The third-order valence-corrected chi connectivity index (χ3v) is 5.34. The van der Waals surface area contributed by atoms with Gasteiger partial charge >= 0.3 is 0 Å². The number of rotatable bonds is 4. The molecule has 2 aliphatic rings. The van der Waals surface area contributed by atoms with Crippen LogP contribution in [-0.4, -0.2) is 58.7 Å². The standard InChI is InChI=1S/C19H26N4O3/c20-18(25)15-6-7-16(21-13-15)19(26)23-9-3-8-22(10-11-23)17(24)12-14-4-1-2-5-14/h6-7,13-14H,1-5,8-12H2,(H2,20,25). The fourth-order valence-electron chi connectivity index (χ4n) is 3.79. The molecule has 2 heterocycles. The van der Waals surface area contributed by atoms with Gasteiger partial charge in [-0.05, 0) is 37.3 Å². The summed E-state index contributed by atoms with van der Waals surface area (Å²) < 4.78 is 0. The Morgan fingerprint density at radius 1 is 1.00 bits per heavy atom. The van der Waals surface area contributed by atoms with Crippen LogP contribution in [0.5, 0.6) is 0 Å². The molecule has 26 heavy (non-hydrogen) atoms. The Morgan fingerprint density at radius 3 is 2.35 bits per heavy atom. The Kier molecular flexibility index (Phi) is 5.85. The van der Waals surface area contributed by atoms with Crippen LogP contribution >= 0.6 is 0 Å². The Hall–Kier alpha value is -2.44. The molecule has 1 saturated carbocycles. The molecule has 0 radical (unpaired) electrons. The maximum atomic E-state index is 12.6. The van der Waals surface area contributed by atoms with Crippen molar-refractivity contribution in [3.05, 3.63) is 29.6 Å². The summed E-state index contributed by atoms with van der Waals surface area (Å²) in [5, 5.41) is 0. The van der Waals surface area contributed by atoms with Gasteiger partial charge in [-0.25, -0.2) is 0 Å². The first-order chi connectivity index (χ1) is 12.5. The number of amides is 3. The van der Waals surface area contributed by atoms with E-state index in [0.29, 0.717) is 44.2 Å². The minimum atomic E-state index is -0.567. The van der Waals surface area contributed by atoms with Gasteiger partial charge < -0.3 is 15.5 Å². The summed E-state index contributed by atoms with van der Waals surface area (Å²) in [6.45, 7) is 2.37. The molecule has 0 aromatic carbocycles. The van der Waals surface area contributed by atoms with Gasteiger partial charge in [-0.1, -0.05) is 12.8 Å². The highest BCUT2D eigenvalue weighted by molar-refractivity contribution is 5.95. The molecule has 0 unspecified atom stereocenters. The van der Waals surface area contributed by atoms with E-state index in [-0.39, 0.29) is 17.4 Å². The van der Waals surface area contributed by atoms with Gasteiger partial charge in [-0.15, -0.1) is 0 Å². The smallest absolute Gasteiger partial charge is 0.272 e. The van der Waals surface area contributed by atoms with Crippen LogP contribution in [0.4, 0.5) is 0 Å². The number of hydrogen-bond acceptors (Lipinski definition) is 4. The summed E-state index contributed by atoms with van der Waals surface area (Å²) in [4.78, 5) is 43.9. The fraction of sp³-hybridized carbons (Fsp3) is 0.579. The Balaban J connectivity index is 1.56. The molecule has 0 bridgehead atoms. The van der Waals surface area contributed by atoms with E-state index in [1.807, 2.05) is 4.90 Å². The van der Waals surface area contributed by atoms with Crippen LogP contribution in [0.3, 0.4) is 0 Å². The molecule has 3 amide bonds. The molecule has 0 atom stereocenters. The lowest BCUT2D eigenvalue weighted by Crippen LogP contribution is -2.38. The number of carbonyl (C=O) groups excluding carboxylic acids is 3. The molecule has 7 nitrogen and oxygen atoms in total. The highest BCUT2D eigenvalue weighted by Crippen LogP contribution is 2.28. The number of aromatic nitrogens is 1. The summed E-state index contributed by atoms with van der Waals surface area (Å²) >= 11 is 0. The predicted octanol–water partition coefficient (Wildman–Crippen LogP) is 1.44. The average Bonchev–Trinajstić information content (AvgIpc) is 3.02. The third kappa shape index (κ3) is 4.39. The van der Waals surface area contributed by atoms with Crippen LogP contribution in [0.25, 0.3) is 0 Å². The van der Waals surface area contributed by atoms with E-state index in [2.05, 4.69) is 4.98 Å². The second-order valence-corrected chi connectivity index (χ2v) is 7.18. The topological polar surface area (TPSA) is 96.6 Å². The Morgan fingerprint density at radius 2 is 1.69 bits per heavy atom. The number of carbonyl (C=O) groups is 3. The van der Waals surface area contributed by atoms with Gasteiger partial charge in [0.1, 0.15) is 5.69 Å². The molecule has 1 aliphatic carbocycles. The summed E-state index contributed by atoms with van der Waals surface area (Å²) in [7, 11) is 0. The predicted molar refractivity (Wildman–Crippen MR) is 96.4 cm³/mol. The molecule has 1 aromatic heterocycles. The molecule has 2 N–H and O–H groups in total. The average molecular weight is 358 g/mol.